The van der Waals surface area contributed by atoms with Gasteiger partial charge in [-0.2, -0.15) is 0 Å². The monoisotopic (exact) mass is 355 g/mol. The Morgan fingerprint density at radius 1 is 1.16 bits per heavy atom. The molecule has 4 nitrogen and oxygen atoms in total. The van der Waals surface area contributed by atoms with E-state index < -0.39 is 5.97 Å². The van der Waals surface area contributed by atoms with Gasteiger partial charge in [0, 0.05) is 28.9 Å². The Kier molecular flexibility index (Phi) is 4.64. The van der Waals surface area contributed by atoms with Crippen molar-refractivity contribution in [2.45, 2.75) is 26.7 Å². The summed E-state index contributed by atoms with van der Waals surface area (Å²) in [5.41, 5.74) is 4.35. The number of pyridine rings is 1. The lowest BCUT2D eigenvalue weighted by Gasteiger charge is -2.08. The van der Waals surface area contributed by atoms with Crippen LogP contribution in [-0.4, -0.2) is 21.3 Å². The molecular formula is C20H18ClNO3. The Labute approximate surface area is 150 Å². The fourth-order valence-electron chi connectivity index (χ4n) is 3.29. The molecule has 0 aliphatic rings. The SMILES string of the molecule is CCc1c(C(C)=O)c2ccc(C(=O)O)cn2c1Cc1ccccc1Cl. The Bertz CT molecular complexity index is 988. The van der Waals surface area contributed by atoms with Crippen LogP contribution in [0.2, 0.25) is 5.02 Å². The summed E-state index contributed by atoms with van der Waals surface area (Å²) in [4.78, 5) is 23.6. The van der Waals surface area contributed by atoms with E-state index in [1.807, 2.05) is 35.6 Å². The van der Waals surface area contributed by atoms with Crippen LogP contribution in [0.3, 0.4) is 0 Å². The average molecular weight is 356 g/mol. The molecule has 0 spiro atoms. The van der Waals surface area contributed by atoms with E-state index in [9.17, 15) is 14.7 Å². The Morgan fingerprint density at radius 2 is 1.88 bits per heavy atom. The second-order valence-electron chi connectivity index (χ2n) is 5.96. The van der Waals surface area contributed by atoms with E-state index in [0.29, 0.717) is 23.4 Å². The van der Waals surface area contributed by atoms with Crippen molar-refractivity contribution in [1.82, 2.24) is 4.40 Å². The number of carboxylic acids is 1. The first-order chi connectivity index (χ1) is 11.9. The van der Waals surface area contributed by atoms with Gasteiger partial charge in [0.1, 0.15) is 0 Å². The molecule has 2 aromatic heterocycles. The number of carbonyl (C=O) groups is 2. The lowest BCUT2D eigenvalue weighted by molar-refractivity contribution is 0.0696. The van der Waals surface area contributed by atoms with Gasteiger partial charge in [-0.05, 0) is 42.7 Å². The molecule has 3 rings (SSSR count). The number of ketones is 1. The normalized spacial score (nSPS) is 11.0. The zero-order valence-corrected chi connectivity index (χ0v) is 14.8. The van der Waals surface area contributed by atoms with Crippen molar-refractivity contribution in [3.8, 4) is 0 Å². The second kappa shape index (κ2) is 6.73. The van der Waals surface area contributed by atoms with E-state index in [2.05, 4.69) is 0 Å². The van der Waals surface area contributed by atoms with E-state index in [0.717, 1.165) is 22.3 Å². The van der Waals surface area contributed by atoms with Gasteiger partial charge in [0.2, 0.25) is 0 Å². The van der Waals surface area contributed by atoms with Crippen LogP contribution in [0.15, 0.2) is 42.6 Å². The Balaban J connectivity index is 2.30. The van der Waals surface area contributed by atoms with E-state index in [4.69, 9.17) is 11.6 Å². The van der Waals surface area contributed by atoms with Gasteiger partial charge < -0.3 is 9.51 Å². The fraction of sp³-hybridized carbons (Fsp3) is 0.200. The van der Waals surface area contributed by atoms with Gasteiger partial charge in [-0.25, -0.2) is 4.79 Å². The summed E-state index contributed by atoms with van der Waals surface area (Å²) in [6, 6.07) is 10.8. The fourth-order valence-corrected chi connectivity index (χ4v) is 3.49. The second-order valence-corrected chi connectivity index (χ2v) is 6.36. The number of aromatic nitrogens is 1. The standard InChI is InChI=1S/C20H18ClNO3/c1-3-15-18(10-13-6-4-5-7-16(13)21)22-11-14(20(24)25)8-9-17(22)19(15)12(2)23/h4-9,11H,3,10H2,1-2H3,(H,24,25). The van der Waals surface area contributed by atoms with Crippen molar-refractivity contribution in [1.29, 1.82) is 0 Å². The van der Waals surface area contributed by atoms with Crippen molar-refractivity contribution in [3.05, 3.63) is 75.6 Å². The largest absolute Gasteiger partial charge is 0.478 e. The predicted octanol–water partition coefficient (Wildman–Crippen LogP) is 4.65. The highest BCUT2D eigenvalue weighted by Crippen LogP contribution is 2.29. The molecule has 0 aliphatic heterocycles. The molecule has 0 unspecified atom stereocenters. The maximum atomic E-state index is 12.2. The summed E-state index contributed by atoms with van der Waals surface area (Å²) in [5, 5.41) is 9.96. The summed E-state index contributed by atoms with van der Waals surface area (Å²) in [6.07, 6.45) is 2.79. The first-order valence-electron chi connectivity index (χ1n) is 8.07. The Morgan fingerprint density at radius 3 is 2.48 bits per heavy atom. The third-order valence-electron chi connectivity index (χ3n) is 4.41. The van der Waals surface area contributed by atoms with Gasteiger partial charge in [0.15, 0.2) is 5.78 Å². The summed E-state index contributed by atoms with van der Waals surface area (Å²) in [6.45, 7) is 3.54. The molecule has 0 aliphatic carbocycles. The van der Waals surface area contributed by atoms with Gasteiger partial charge in [-0.15, -0.1) is 0 Å². The highest BCUT2D eigenvalue weighted by atomic mass is 35.5. The number of hydrogen-bond donors (Lipinski definition) is 1. The van der Waals surface area contributed by atoms with Crippen LogP contribution in [0.5, 0.6) is 0 Å². The molecule has 0 fully saturated rings. The highest BCUT2D eigenvalue weighted by molar-refractivity contribution is 6.31. The van der Waals surface area contributed by atoms with E-state index in [-0.39, 0.29) is 11.3 Å². The third kappa shape index (κ3) is 3.05. The predicted molar refractivity (Wildman–Crippen MR) is 98.0 cm³/mol. The number of fused-ring (bicyclic) bond motifs is 1. The van der Waals surface area contributed by atoms with Crippen LogP contribution in [0.25, 0.3) is 5.52 Å². The van der Waals surface area contributed by atoms with Crippen molar-refractivity contribution < 1.29 is 14.7 Å². The molecule has 0 bridgehead atoms. The lowest BCUT2D eigenvalue weighted by Crippen LogP contribution is -2.02. The number of benzene rings is 1. The van der Waals surface area contributed by atoms with Crippen molar-refractivity contribution in [2.24, 2.45) is 0 Å². The minimum absolute atomic E-state index is 0.0252. The van der Waals surface area contributed by atoms with Crippen LogP contribution in [0.4, 0.5) is 0 Å². The van der Waals surface area contributed by atoms with Crippen LogP contribution in [-0.2, 0) is 12.8 Å². The average Bonchev–Trinajstić information content (AvgIpc) is 2.89. The number of carboxylic acid groups (broad SMARTS) is 1. The zero-order valence-electron chi connectivity index (χ0n) is 14.0. The van der Waals surface area contributed by atoms with Gasteiger partial charge >= 0.3 is 5.97 Å². The summed E-state index contributed by atoms with van der Waals surface area (Å²) in [5.74, 6) is -1.02. The highest BCUT2D eigenvalue weighted by Gasteiger charge is 2.21. The first-order valence-corrected chi connectivity index (χ1v) is 8.45. The third-order valence-corrected chi connectivity index (χ3v) is 4.78. The number of halogens is 1. The number of aromatic carboxylic acids is 1. The number of hydrogen-bond acceptors (Lipinski definition) is 2. The van der Waals surface area contributed by atoms with Crippen LogP contribution < -0.4 is 0 Å². The first kappa shape index (κ1) is 17.2. The number of rotatable bonds is 5. The number of carbonyl (C=O) groups excluding carboxylic acids is 1. The molecule has 25 heavy (non-hydrogen) atoms. The smallest absolute Gasteiger partial charge is 0.337 e. The van der Waals surface area contributed by atoms with Crippen LogP contribution >= 0.6 is 11.6 Å². The molecular weight excluding hydrogens is 338 g/mol. The minimum Gasteiger partial charge on any atom is -0.478 e. The number of nitrogens with zero attached hydrogens (tertiary/aromatic N) is 1. The van der Waals surface area contributed by atoms with Gasteiger partial charge in [0.25, 0.3) is 0 Å². The molecule has 2 heterocycles. The molecule has 5 heteroatoms. The summed E-state index contributed by atoms with van der Waals surface area (Å²) in [7, 11) is 0. The molecule has 128 valence electrons. The van der Waals surface area contributed by atoms with Crippen molar-refractivity contribution in [3.63, 3.8) is 0 Å². The molecule has 0 atom stereocenters. The lowest BCUT2D eigenvalue weighted by atomic mass is 10.00. The van der Waals surface area contributed by atoms with Gasteiger partial charge in [-0.3, -0.25) is 4.79 Å². The van der Waals surface area contributed by atoms with Crippen LogP contribution in [0.1, 0.15) is 51.4 Å². The summed E-state index contributed by atoms with van der Waals surface area (Å²) < 4.78 is 1.82. The Hall–Kier alpha value is -2.59. The van der Waals surface area contributed by atoms with E-state index in [1.54, 1.807) is 19.2 Å². The van der Waals surface area contributed by atoms with Gasteiger partial charge in [-0.1, -0.05) is 36.7 Å². The molecule has 0 amide bonds. The molecule has 0 radical (unpaired) electrons. The zero-order chi connectivity index (χ0) is 18.1. The molecule has 3 aromatic rings. The summed E-state index contributed by atoms with van der Waals surface area (Å²) >= 11 is 6.30. The molecule has 0 saturated heterocycles. The molecule has 1 N–H and O–H groups in total. The van der Waals surface area contributed by atoms with Gasteiger partial charge in [0.05, 0.1) is 11.1 Å². The molecule has 1 aromatic carbocycles. The van der Waals surface area contributed by atoms with E-state index >= 15 is 0 Å². The maximum Gasteiger partial charge on any atom is 0.337 e. The maximum absolute atomic E-state index is 12.2. The van der Waals surface area contributed by atoms with E-state index in [1.165, 1.54) is 6.07 Å². The van der Waals surface area contributed by atoms with Crippen molar-refractivity contribution >= 4 is 28.9 Å². The number of Topliss-reactive ketones (excluding diaryl/α,β-unsaturated/α-hetero) is 1. The minimum atomic E-state index is -0.998. The van der Waals surface area contributed by atoms with Crippen molar-refractivity contribution in [2.75, 3.05) is 0 Å². The topological polar surface area (TPSA) is 58.8 Å². The quantitative estimate of drug-likeness (QED) is 0.678. The van der Waals surface area contributed by atoms with Crippen LogP contribution in [0, 0.1) is 0 Å². The molecule has 0 saturated carbocycles.